The molecule has 6 heteroatoms. The van der Waals surface area contributed by atoms with Crippen LogP contribution in [0.2, 0.25) is 0 Å². The van der Waals surface area contributed by atoms with Crippen LogP contribution in [-0.4, -0.2) is 58.6 Å². The minimum atomic E-state index is -1.05. The van der Waals surface area contributed by atoms with Gasteiger partial charge in [0.05, 0.1) is 6.54 Å². The molecule has 2 heterocycles. The highest BCUT2D eigenvalue weighted by Gasteiger charge is 2.24. The van der Waals surface area contributed by atoms with Crippen molar-refractivity contribution in [3.05, 3.63) is 53.7 Å². The number of nitrogens with zero attached hydrogens (tertiary/aromatic N) is 3. The maximum atomic E-state index is 11.0. The zero-order valence-corrected chi connectivity index (χ0v) is 14.6. The molecule has 1 aliphatic rings. The van der Waals surface area contributed by atoms with Crippen LogP contribution in [0.3, 0.4) is 0 Å². The summed E-state index contributed by atoms with van der Waals surface area (Å²) in [5.74, 6) is -0.575. The number of piperidine rings is 1. The number of carbonyl (C=O) groups is 1. The number of oxazole rings is 1. The molecule has 0 saturated carbocycles. The molecular formula is C19H25N3O3. The van der Waals surface area contributed by atoms with Gasteiger partial charge in [-0.05, 0) is 45.0 Å². The second-order valence-electron chi connectivity index (χ2n) is 6.67. The first-order valence-corrected chi connectivity index (χ1v) is 8.76. The van der Waals surface area contributed by atoms with E-state index in [1.807, 2.05) is 6.07 Å². The molecule has 134 valence electrons. The number of benzene rings is 1. The summed E-state index contributed by atoms with van der Waals surface area (Å²) in [6.07, 6.45) is 4.40. The monoisotopic (exact) mass is 343 g/mol. The molecule has 0 aliphatic carbocycles. The van der Waals surface area contributed by atoms with Crippen molar-refractivity contribution in [2.24, 2.45) is 0 Å². The van der Waals surface area contributed by atoms with Crippen molar-refractivity contribution >= 4 is 5.97 Å². The molecule has 0 atom stereocenters. The van der Waals surface area contributed by atoms with Gasteiger partial charge in [-0.2, -0.15) is 0 Å². The van der Waals surface area contributed by atoms with Gasteiger partial charge < -0.3 is 14.4 Å². The van der Waals surface area contributed by atoms with Crippen LogP contribution in [0.4, 0.5) is 0 Å². The van der Waals surface area contributed by atoms with Gasteiger partial charge in [0.1, 0.15) is 6.26 Å². The lowest BCUT2D eigenvalue weighted by Crippen LogP contribution is -2.44. The van der Waals surface area contributed by atoms with Crippen LogP contribution >= 0.6 is 0 Å². The number of rotatable bonds is 7. The second-order valence-corrected chi connectivity index (χ2v) is 6.67. The number of aromatic carboxylic acids is 1. The van der Waals surface area contributed by atoms with E-state index in [2.05, 4.69) is 46.1 Å². The van der Waals surface area contributed by atoms with Crippen LogP contribution in [-0.2, 0) is 13.0 Å². The third-order valence-electron chi connectivity index (χ3n) is 4.84. The van der Waals surface area contributed by atoms with E-state index in [1.54, 1.807) is 0 Å². The van der Waals surface area contributed by atoms with E-state index in [0.29, 0.717) is 18.5 Å². The number of hydrogen-bond acceptors (Lipinski definition) is 5. The fourth-order valence-electron chi connectivity index (χ4n) is 3.32. The Kier molecular flexibility index (Phi) is 5.83. The minimum Gasteiger partial charge on any atom is -0.476 e. The fraction of sp³-hybridized carbons (Fsp3) is 0.474. The average molecular weight is 343 g/mol. The fourth-order valence-corrected chi connectivity index (χ4v) is 3.32. The molecule has 1 aromatic carbocycles. The summed E-state index contributed by atoms with van der Waals surface area (Å²) in [6.45, 7) is 3.62. The van der Waals surface area contributed by atoms with E-state index >= 15 is 0 Å². The van der Waals surface area contributed by atoms with Crippen molar-refractivity contribution in [2.45, 2.75) is 31.8 Å². The van der Waals surface area contributed by atoms with Gasteiger partial charge in [-0.3, -0.25) is 4.90 Å². The number of carboxylic acid groups (broad SMARTS) is 1. The molecule has 0 spiro atoms. The Morgan fingerprint density at radius 2 is 2.04 bits per heavy atom. The molecule has 0 amide bonds. The topological polar surface area (TPSA) is 69.8 Å². The number of likely N-dealkylation sites (tertiary alicyclic amines) is 1. The summed E-state index contributed by atoms with van der Waals surface area (Å²) < 4.78 is 5.38. The zero-order valence-electron chi connectivity index (χ0n) is 14.6. The van der Waals surface area contributed by atoms with Gasteiger partial charge >= 0.3 is 5.97 Å². The van der Waals surface area contributed by atoms with Crippen LogP contribution in [0, 0.1) is 0 Å². The maximum Gasteiger partial charge on any atom is 0.357 e. The van der Waals surface area contributed by atoms with Crippen molar-refractivity contribution in [3.8, 4) is 0 Å². The van der Waals surface area contributed by atoms with Gasteiger partial charge in [0, 0.05) is 12.6 Å². The van der Waals surface area contributed by atoms with E-state index < -0.39 is 5.97 Å². The molecule has 1 N–H and O–H groups in total. The highest BCUT2D eigenvalue weighted by molar-refractivity contribution is 5.84. The molecule has 1 aromatic heterocycles. The molecule has 6 nitrogen and oxygen atoms in total. The highest BCUT2D eigenvalue weighted by Crippen LogP contribution is 2.19. The van der Waals surface area contributed by atoms with E-state index in [-0.39, 0.29) is 5.69 Å². The summed E-state index contributed by atoms with van der Waals surface area (Å²) in [5.41, 5.74) is 1.28. The van der Waals surface area contributed by atoms with Crippen LogP contribution in [0.15, 0.2) is 41.0 Å². The Balaban J connectivity index is 1.67. The van der Waals surface area contributed by atoms with Gasteiger partial charge in [-0.1, -0.05) is 30.3 Å². The van der Waals surface area contributed by atoms with Crippen LogP contribution in [0.5, 0.6) is 0 Å². The van der Waals surface area contributed by atoms with Gasteiger partial charge in [0.15, 0.2) is 5.69 Å². The second kappa shape index (κ2) is 8.27. The Bertz CT molecular complexity index is 678. The Hall–Kier alpha value is -2.18. The van der Waals surface area contributed by atoms with E-state index in [1.165, 1.54) is 11.8 Å². The molecule has 1 saturated heterocycles. The Morgan fingerprint density at radius 3 is 2.68 bits per heavy atom. The van der Waals surface area contributed by atoms with Crippen LogP contribution in [0.1, 0.15) is 34.8 Å². The lowest BCUT2D eigenvalue weighted by molar-refractivity contribution is 0.0690. The first-order chi connectivity index (χ1) is 12.1. The third kappa shape index (κ3) is 4.90. The first kappa shape index (κ1) is 17.6. The summed E-state index contributed by atoms with van der Waals surface area (Å²) in [4.78, 5) is 19.8. The summed E-state index contributed by atoms with van der Waals surface area (Å²) >= 11 is 0. The van der Waals surface area contributed by atoms with Gasteiger partial charge in [0.2, 0.25) is 5.89 Å². The molecule has 1 aliphatic heterocycles. The van der Waals surface area contributed by atoms with Crippen LogP contribution in [0.25, 0.3) is 0 Å². The Labute approximate surface area is 148 Å². The van der Waals surface area contributed by atoms with Crippen molar-refractivity contribution < 1.29 is 14.3 Å². The van der Waals surface area contributed by atoms with Crippen molar-refractivity contribution in [3.63, 3.8) is 0 Å². The molecule has 0 bridgehead atoms. The van der Waals surface area contributed by atoms with Crippen molar-refractivity contribution in [2.75, 3.05) is 26.7 Å². The van der Waals surface area contributed by atoms with Gasteiger partial charge in [-0.15, -0.1) is 0 Å². The predicted molar refractivity (Wildman–Crippen MR) is 94.5 cm³/mol. The molecular weight excluding hydrogens is 318 g/mol. The SMILES string of the molecule is CN1CCC(N(CCc2ccccc2)Cc2nc(C(=O)O)co2)CC1. The lowest BCUT2D eigenvalue weighted by atomic mass is 10.0. The number of hydrogen-bond donors (Lipinski definition) is 1. The summed E-state index contributed by atoms with van der Waals surface area (Å²) in [6, 6.07) is 10.9. The zero-order chi connectivity index (χ0) is 17.6. The average Bonchev–Trinajstić information content (AvgIpc) is 3.09. The van der Waals surface area contributed by atoms with Crippen molar-refractivity contribution in [1.82, 2.24) is 14.8 Å². The normalized spacial score (nSPS) is 16.4. The molecule has 0 unspecified atom stereocenters. The molecule has 1 fully saturated rings. The molecule has 25 heavy (non-hydrogen) atoms. The predicted octanol–water partition coefficient (Wildman–Crippen LogP) is 2.51. The lowest BCUT2D eigenvalue weighted by Gasteiger charge is -2.36. The Morgan fingerprint density at radius 1 is 1.32 bits per heavy atom. The quantitative estimate of drug-likeness (QED) is 0.833. The number of aromatic nitrogens is 1. The summed E-state index contributed by atoms with van der Waals surface area (Å²) in [7, 11) is 2.15. The standard InChI is InChI=1S/C19H25N3O3/c1-21-10-8-16(9-11-21)22(12-7-15-5-3-2-4-6-15)13-18-20-17(14-25-18)19(23)24/h2-6,14,16H,7-13H2,1H3,(H,23,24). The largest absolute Gasteiger partial charge is 0.476 e. The molecule has 0 radical (unpaired) electrons. The van der Waals surface area contributed by atoms with E-state index in [9.17, 15) is 4.79 Å². The minimum absolute atomic E-state index is 0.0265. The van der Waals surface area contributed by atoms with Gasteiger partial charge in [0.25, 0.3) is 0 Å². The highest BCUT2D eigenvalue weighted by atomic mass is 16.4. The van der Waals surface area contributed by atoms with Crippen molar-refractivity contribution in [1.29, 1.82) is 0 Å². The van der Waals surface area contributed by atoms with E-state index in [4.69, 9.17) is 9.52 Å². The molecule has 3 rings (SSSR count). The van der Waals surface area contributed by atoms with Crippen LogP contribution < -0.4 is 0 Å². The smallest absolute Gasteiger partial charge is 0.357 e. The maximum absolute atomic E-state index is 11.0. The summed E-state index contributed by atoms with van der Waals surface area (Å²) in [5, 5.41) is 9.02. The van der Waals surface area contributed by atoms with Gasteiger partial charge in [-0.25, -0.2) is 9.78 Å². The molecule has 2 aromatic rings. The third-order valence-corrected chi connectivity index (χ3v) is 4.84. The first-order valence-electron chi connectivity index (χ1n) is 8.76. The van der Waals surface area contributed by atoms with E-state index in [0.717, 1.165) is 38.9 Å². The number of carboxylic acids is 1.